The molecule has 0 radical (unpaired) electrons. The molecular weight excluding hydrogens is 351 g/mol. The van der Waals surface area contributed by atoms with Crippen LogP contribution in [0.1, 0.15) is 41.6 Å². The van der Waals surface area contributed by atoms with E-state index in [4.69, 9.17) is 9.57 Å². The van der Waals surface area contributed by atoms with Crippen molar-refractivity contribution >= 4 is 11.8 Å². The zero-order chi connectivity index (χ0) is 19.7. The lowest BCUT2D eigenvalue weighted by atomic mass is 9.80. The van der Waals surface area contributed by atoms with Crippen molar-refractivity contribution in [2.75, 3.05) is 21.3 Å². The van der Waals surface area contributed by atoms with Gasteiger partial charge in [-0.1, -0.05) is 12.6 Å². The molecule has 1 aromatic rings. The second kappa shape index (κ2) is 7.68. The molecule has 2 aliphatic rings. The van der Waals surface area contributed by atoms with E-state index in [1.165, 1.54) is 25.3 Å². The first-order chi connectivity index (χ1) is 12.9. The van der Waals surface area contributed by atoms with Crippen LogP contribution in [-0.2, 0) is 16.2 Å². The van der Waals surface area contributed by atoms with Crippen molar-refractivity contribution in [3.8, 4) is 5.75 Å². The minimum absolute atomic E-state index is 0.0274. The first kappa shape index (κ1) is 19.4. The Morgan fingerprint density at radius 1 is 1.22 bits per heavy atom. The van der Waals surface area contributed by atoms with Gasteiger partial charge in [-0.15, -0.1) is 0 Å². The summed E-state index contributed by atoms with van der Waals surface area (Å²) in [5.41, 5.74) is 1.41. The minimum Gasteiger partial charge on any atom is -0.494 e. The van der Waals surface area contributed by atoms with Gasteiger partial charge >= 0.3 is 0 Å². The molecule has 0 saturated heterocycles. The van der Waals surface area contributed by atoms with Gasteiger partial charge in [-0.2, -0.15) is 0 Å². The third-order valence-corrected chi connectivity index (χ3v) is 5.68. The van der Waals surface area contributed by atoms with Crippen LogP contribution in [0, 0.1) is 17.7 Å². The second-order valence-electron chi connectivity index (χ2n) is 7.07. The van der Waals surface area contributed by atoms with Crippen molar-refractivity contribution in [2.45, 2.75) is 32.2 Å². The lowest BCUT2D eigenvalue weighted by Crippen LogP contribution is -2.36. The summed E-state index contributed by atoms with van der Waals surface area (Å²) >= 11 is 0. The van der Waals surface area contributed by atoms with Crippen LogP contribution in [0.15, 0.2) is 24.4 Å². The Morgan fingerprint density at radius 3 is 2.44 bits per heavy atom. The Balaban J connectivity index is 1.67. The van der Waals surface area contributed by atoms with Crippen LogP contribution in [0.4, 0.5) is 4.39 Å². The number of benzene rings is 1. The minimum atomic E-state index is -0.618. The average molecular weight is 376 g/mol. The Bertz CT molecular complexity index is 771. The van der Waals surface area contributed by atoms with Crippen molar-refractivity contribution in [3.05, 3.63) is 41.4 Å². The fraction of sp³-hybridized carbons (Fsp3) is 0.500. The standard InChI is InChI=1S/C20H25FN2O4/c1-12(13-5-7-14(8-6-13)19(24)22(2)27-4)23-11-15-9-10-16(26-3)18(21)17(15)20(23)25/h9-10,13-14H,1,5-8,11H2,2-4H3. The van der Waals surface area contributed by atoms with Gasteiger partial charge in [0.05, 0.1) is 26.3 Å². The van der Waals surface area contributed by atoms with Crippen molar-refractivity contribution in [1.82, 2.24) is 9.96 Å². The lowest BCUT2D eigenvalue weighted by molar-refractivity contribution is -0.174. The molecule has 146 valence electrons. The van der Waals surface area contributed by atoms with E-state index in [1.54, 1.807) is 18.0 Å². The predicted molar refractivity (Wildman–Crippen MR) is 97.2 cm³/mol. The number of fused-ring (bicyclic) bond motifs is 1. The fourth-order valence-corrected chi connectivity index (χ4v) is 3.97. The Morgan fingerprint density at radius 2 is 1.85 bits per heavy atom. The molecule has 0 unspecified atom stereocenters. The molecule has 3 rings (SSSR count). The third kappa shape index (κ3) is 3.43. The lowest BCUT2D eigenvalue weighted by Gasteiger charge is -2.33. The van der Waals surface area contributed by atoms with E-state index < -0.39 is 5.82 Å². The van der Waals surface area contributed by atoms with Crippen LogP contribution in [0.3, 0.4) is 0 Å². The van der Waals surface area contributed by atoms with Gasteiger partial charge in [-0.3, -0.25) is 14.4 Å². The van der Waals surface area contributed by atoms with Crippen LogP contribution in [-0.4, -0.2) is 43.0 Å². The largest absolute Gasteiger partial charge is 0.494 e. The van der Waals surface area contributed by atoms with Crippen LogP contribution < -0.4 is 4.74 Å². The molecule has 0 bridgehead atoms. The van der Waals surface area contributed by atoms with E-state index in [0.29, 0.717) is 30.6 Å². The van der Waals surface area contributed by atoms with Crippen LogP contribution in [0.5, 0.6) is 5.75 Å². The summed E-state index contributed by atoms with van der Waals surface area (Å²) in [4.78, 5) is 31.5. The molecule has 27 heavy (non-hydrogen) atoms. The molecule has 0 aromatic heterocycles. The molecule has 1 saturated carbocycles. The van der Waals surface area contributed by atoms with Gasteiger partial charge < -0.3 is 9.64 Å². The second-order valence-corrected chi connectivity index (χ2v) is 7.07. The molecule has 2 amide bonds. The maximum atomic E-state index is 14.5. The highest BCUT2D eigenvalue weighted by atomic mass is 19.1. The normalized spacial score (nSPS) is 21.8. The van der Waals surface area contributed by atoms with E-state index in [2.05, 4.69) is 6.58 Å². The summed E-state index contributed by atoms with van der Waals surface area (Å²) in [6.45, 7) is 4.44. The van der Waals surface area contributed by atoms with Crippen molar-refractivity contribution in [2.24, 2.45) is 11.8 Å². The van der Waals surface area contributed by atoms with E-state index in [-0.39, 0.29) is 35.0 Å². The van der Waals surface area contributed by atoms with Crippen molar-refractivity contribution in [1.29, 1.82) is 0 Å². The smallest absolute Gasteiger partial charge is 0.261 e. The predicted octanol–water partition coefficient (Wildman–Crippen LogP) is 3.13. The highest BCUT2D eigenvalue weighted by Gasteiger charge is 2.37. The molecular formula is C20H25FN2O4. The third-order valence-electron chi connectivity index (χ3n) is 5.68. The zero-order valence-electron chi connectivity index (χ0n) is 16.0. The molecule has 1 heterocycles. The SMILES string of the molecule is C=C(C1CCC(C(=O)N(C)OC)CC1)N1Cc2ccc(OC)c(F)c2C1=O. The zero-order valence-corrected chi connectivity index (χ0v) is 16.0. The number of carbonyl (C=O) groups excluding carboxylic acids is 2. The topological polar surface area (TPSA) is 59.1 Å². The van der Waals surface area contributed by atoms with Crippen molar-refractivity contribution < 1.29 is 23.6 Å². The molecule has 6 nitrogen and oxygen atoms in total. The first-order valence-electron chi connectivity index (χ1n) is 9.06. The number of ether oxygens (including phenoxy) is 1. The number of nitrogens with zero attached hydrogens (tertiary/aromatic N) is 2. The molecule has 1 aliphatic carbocycles. The summed E-state index contributed by atoms with van der Waals surface area (Å²) < 4.78 is 19.5. The number of hydrogen-bond donors (Lipinski definition) is 0. The quantitative estimate of drug-likeness (QED) is 0.741. The highest BCUT2D eigenvalue weighted by molar-refractivity contribution is 6.00. The molecule has 1 fully saturated rings. The first-order valence-corrected chi connectivity index (χ1v) is 9.06. The maximum absolute atomic E-state index is 14.5. The van der Waals surface area contributed by atoms with Crippen LogP contribution >= 0.6 is 0 Å². The van der Waals surface area contributed by atoms with Crippen molar-refractivity contribution in [3.63, 3.8) is 0 Å². The number of allylic oxidation sites excluding steroid dienone is 1. The van der Waals surface area contributed by atoms with Crippen LogP contribution in [0.2, 0.25) is 0 Å². The number of carbonyl (C=O) groups is 2. The van der Waals surface area contributed by atoms with Gasteiger partial charge in [0.15, 0.2) is 11.6 Å². The number of methoxy groups -OCH3 is 1. The molecule has 1 aliphatic heterocycles. The number of rotatable bonds is 5. The Hall–Kier alpha value is -2.41. The Kier molecular flexibility index (Phi) is 5.51. The van der Waals surface area contributed by atoms with Gasteiger partial charge in [0, 0.05) is 18.7 Å². The summed E-state index contributed by atoms with van der Waals surface area (Å²) in [5, 5.41) is 1.26. The van der Waals surface area contributed by atoms with Gasteiger partial charge in [0.1, 0.15) is 0 Å². The average Bonchev–Trinajstić information content (AvgIpc) is 3.04. The summed E-state index contributed by atoms with van der Waals surface area (Å²) in [6, 6.07) is 3.26. The Labute approximate surface area is 158 Å². The van der Waals surface area contributed by atoms with E-state index >= 15 is 0 Å². The maximum Gasteiger partial charge on any atom is 0.261 e. The number of halogens is 1. The highest BCUT2D eigenvalue weighted by Crippen LogP contribution is 2.39. The van der Waals surface area contributed by atoms with Crippen LogP contribution in [0.25, 0.3) is 0 Å². The van der Waals surface area contributed by atoms with Gasteiger partial charge in [0.25, 0.3) is 5.91 Å². The number of hydrogen-bond acceptors (Lipinski definition) is 4. The van der Waals surface area contributed by atoms with Gasteiger partial charge in [-0.05, 0) is 43.2 Å². The van der Waals surface area contributed by atoms with E-state index in [9.17, 15) is 14.0 Å². The molecule has 0 atom stereocenters. The molecule has 0 spiro atoms. The molecule has 1 aromatic carbocycles. The fourth-order valence-electron chi connectivity index (χ4n) is 3.97. The van der Waals surface area contributed by atoms with E-state index in [0.717, 1.165) is 12.8 Å². The van der Waals surface area contributed by atoms with Gasteiger partial charge in [-0.25, -0.2) is 9.45 Å². The molecule has 7 heteroatoms. The summed E-state index contributed by atoms with van der Waals surface area (Å²) in [7, 11) is 4.45. The van der Waals surface area contributed by atoms with E-state index in [1.807, 2.05) is 0 Å². The van der Waals surface area contributed by atoms with Gasteiger partial charge in [0.2, 0.25) is 5.91 Å². The monoisotopic (exact) mass is 376 g/mol. The summed E-state index contributed by atoms with van der Waals surface area (Å²) in [6.07, 6.45) is 2.96. The number of amides is 2. The summed E-state index contributed by atoms with van der Waals surface area (Å²) in [5.74, 6) is -0.926. The molecule has 0 N–H and O–H groups in total. The number of hydroxylamine groups is 2.